The molecule has 0 saturated carbocycles. The number of ether oxygens (including phenoxy) is 1. The van der Waals surface area contributed by atoms with E-state index < -0.39 is 17.2 Å². The van der Waals surface area contributed by atoms with Gasteiger partial charge in [0, 0.05) is 22.7 Å². The first-order chi connectivity index (χ1) is 18.4. The molecule has 0 fully saturated rings. The molecule has 0 aliphatic heterocycles. The predicted molar refractivity (Wildman–Crippen MR) is 141 cm³/mol. The molecule has 38 heavy (non-hydrogen) atoms. The smallest absolute Gasteiger partial charge is 0.359 e. The van der Waals surface area contributed by atoms with Gasteiger partial charge in [-0.3, -0.25) is 9.55 Å². The summed E-state index contributed by atoms with van der Waals surface area (Å²) < 4.78 is 21.4. The molecule has 0 radical (unpaired) electrons. The van der Waals surface area contributed by atoms with E-state index in [1.54, 1.807) is 49.7 Å². The highest BCUT2D eigenvalue weighted by atomic mass is 19.1. The molecule has 0 bridgehead atoms. The van der Waals surface area contributed by atoms with Gasteiger partial charge in [0.25, 0.3) is 0 Å². The fourth-order valence-corrected chi connectivity index (χ4v) is 4.18. The highest BCUT2D eigenvalue weighted by Crippen LogP contribution is 2.24. The van der Waals surface area contributed by atoms with Crippen LogP contribution in [-0.2, 0) is 6.54 Å². The summed E-state index contributed by atoms with van der Waals surface area (Å²) >= 11 is 0. The summed E-state index contributed by atoms with van der Waals surface area (Å²) in [7, 11) is 1.56. The van der Waals surface area contributed by atoms with Crippen molar-refractivity contribution in [2.24, 2.45) is 0 Å². The molecule has 0 aliphatic carbocycles. The van der Waals surface area contributed by atoms with Gasteiger partial charge in [-0.05, 0) is 48.4 Å². The first kappa shape index (κ1) is 24.4. The van der Waals surface area contributed by atoms with Crippen LogP contribution in [0.15, 0.2) is 82.6 Å². The maximum atomic E-state index is 14.0. The number of hydrogen-bond acceptors (Lipinski definition) is 7. The highest BCUT2D eigenvalue weighted by Gasteiger charge is 2.18. The molecule has 0 saturated heterocycles. The van der Waals surface area contributed by atoms with Gasteiger partial charge in [-0.1, -0.05) is 30.3 Å². The lowest BCUT2D eigenvalue weighted by atomic mass is 10.1. The average molecular weight is 509 g/mol. The van der Waals surface area contributed by atoms with Gasteiger partial charge in [0.15, 0.2) is 0 Å². The Morgan fingerprint density at radius 3 is 2.66 bits per heavy atom. The summed E-state index contributed by atoms with van der Waals surface area (Å²) in [4.78, 5) is 35.6. The lowest BCUT2D eigenvalue weighted by Gasteiger charge is -2.17. The Labute approximate surface area is 216 Å². The summed E-state index contributed by atoms with van der Waals surface area (Å²) in [6, 6.07) is 18.3. The van der Waals surface area contributed by atoms with Crippen molar-refractivity contribution in [1.29, 1.82) is 5.26 Å². The minimum atomic E-state index is -0.796. The first-order valence-corrected chi connectivity index (χ1v) is 11.6. The molecule has 0 amide bonds. The van der Waals surface area contributed by atoms with E-state index in [1.165, 1.54) is 22.9 Å². The van der Waals surface area contributed by atoms with Crippen LogP contribution in [0.25, 0.3) is 16.5 Å². The Kier molecular flexibility index (Phi) is 6.41. The van der Waals surface area contributed by atoms with Crippen LogP contribution in [0.3, 0.4) is 0 Å². The summed E-state index contributed by atoms with van der Waals surface area (Å²) in [6.07, 6.45) is 3.07. The quantitative estimate of drug-likeness (QED) is 0.368. The molecular weight excluding hydrogens is 487 g/mol. The van der Waals surface area contributed by atoms with E-state index in [-0.39, 0.29) is 23.7 Å². The van der Waals surface area contributed by atoms with E-state index in [2.05, 4.69) is 15.3 Å². The minimum absolute atomic E-state index is 0.0134. The second-order valence-electron chi connectivity index (χ2n) is 8.53. The van der Waals surface area contributed by atoms with E-state index in [4.69, 9.17) is 4.74 Å². The maximum Gasteiger partial charge on any atom is 0.359 e. The Morgan fingerprint density at radius 1 is 1.08 bits per heavy atom. The number of rotatable bonds is 6. The molecule has 0 atom stereocenters. The van der Waals surface area contributed by atoms with E-state index in [1.807, 2.05) is 19.1 Å². The van der Waals surface area contributed by atoms with E-state index >= 15 is 0 Å². The van der Waals surface area contributed by atoms with Crippen LogP contribution in [-0.4, -0.2) is 26.2 Å². The van der Waals surface area contributed by atoms with Crippen LogP contribution in [0, 0.1) is 24.1 Å². The summed E-state index contributed by atoms with van der Waals surface area (Å²) in [5.41, 5.74) is 0.518. The second-order valence-corrected chi connectivity index (χ2v) is 8.53. The minimum Gasteiger partial charge on any atom is -0.497 e. The Bertz CT molecular complexity index is 1850. The Morgan fingerprint density at radius 2 is 1.89 bits per heavy atom. The molecule has 9 nitrogen and oxygen atoms in total. The Balaban J connectivity index is 1.72. The van der Waals surface area contributed by atoms with Crippen LogP contribution in [0.2, 0.25) is 0 Å². The number of halogens is 1. The topological polar surface area (TPSA) is 115 Å². The van der Waals surface area contributed by atoms with Crippen molar-refractivity contribution in [2.45, 2.75) is 13.5 Å². The second kappa shape index (κ2) is 9.99. The van der Waals surface area contributed by atoms with Crippen molar-refractivity contribution in [3.05, 3.63) is 117 Å². The molecular formula is C28H21FN6O3. The fourth-order valence-electron chi connectivity index (χ4n) is 4.18. The monoisotopic (exact) mass is 508 g/mol. The van der Waals surface area contributed by atoms with Crippen molar-refractivity contribution < 1.29 is 9.13 Å². The number of aryl methyl sites for hydroxylation is 1. The highest BCUT2D eigenvalue weighted by molar-refractivity contribution is 5.89. The average Bonchev–Trinajstić information content (AvgIpc) is 2.92. The van der Waals surface area contributed by atoms with Crippen molar-refractivity contribution in [1.82, 2.24) is 19.1 Å². The zero-order chi connectivity index (χ0) is 26.8. The van der Waals surface area contributed by atoms with Gasteiger partial charge in [0.2, 0.25) is 5.95 Å². The van der Waals surface area contributed by atoms with Gasteiger partial charge in [-0.2, -0.15) is 10.2 Å². The zero-order valence-corrected chi connectivity index (χ0v) is 20.5. The van der Waals surface area contributed by atoms with Crippen molar-refractivity contribution in [2.75, 3.05) is 12.4 Å². The normalized spacial score (nSPS) is 10.8. The first-order valence-electron chi connectivity index (χ1n) is 11.6. The zero-order valence-electron chi connectivity index (χ0n) is 20.5. The van der Waals surface area contributed by atoms with Gasteiger partial charge >= 0.3 is 11.4 Å². The van der Waals surface area contributed by atoms with Crippen molar-refractivity contribution in [3.63, 3.8) is 0 Å². The molecule has 5 aromatic rings. The van der Waals surface area contributed by atoms with E-state index in [0.29, 0.717) is 22.4 Å². The number of benzene rings is 3. The van der Waals surface area contributed by atoms with Crippen LogP contribution in [0.5, 0.6) is 5.75 Å². The van der Waals surface area contributed by atoms with Gasteiger partial charge < -0.3 is 10.1 Å². The third-order valence-corrected chi connectivity index (χ3v) is 6.13. The van der Waals surface area contributed by atoms with Crippen molar-refractivity contribution in [3.8, 4) is 17.5 Å². The lowest BCUT2D eigenvalue weighted by Crippen LogP contribution is -2.42. The number of fused-ring (bicyclic) bond motifs is 1. The van der Waals surface area contributed by atoms with Gasteiger partial charge in [0.05, 0.1) is 31.1 Å². The molecule has 5 rings (SSSR count). The van der Waals surface area contributed by atoms with Crippen LogP contribution in [0.4, 0.5) is 16.0 Å². The number of aromatic nitrogens is 4. The molecule has 0 spiro atoms. The molecule has 188 valence electrons. The summed E-state index contributed by atoms with van der Waals surface area (Å²) in [5, 5.41) is 13.7. The van der Waals surface area contributed by atoms with Gasteiger partial charge in [-0.15, -0.1) is 0 Å². The van der Waals surface area contributed by atoms with Gasteiger partial charge in [-0.25, -0.2) is 18.5 Å². The van der Waals surface area contributed by atoms with Crippen LogP contribution < -0.4 is 21.4 Å². The third-order valence-electron chi connectivity index (χ3n) is 6.13. The number of methoxy groups -OCH3 is 1. The fraction of sp³-hybridized carbons (Fsp3) is 0.107. The molecule has 2 aromatic heterocycles. The number of hydrogen-bond donors (Lipinski definition) is 1. The summed E-state index contributed by atoms with van der Waals surface area (Å²) in [5.74, 6) is -0.0334. The number of anilines is 2. The van der Waals surface area contributed by atoms with Crippen molar-refractivity contribution >= 4 is 22.4 Å². The predicted octanol–water partition coefficient (Wildman–Crippen LogP) is 4.06. The SMILES string of the molecule is COc1ccc(Nc2nc(=O)n(-c3cncc4ccccc34)c(=O)n2Cc2ccc(F)c(C#N)c2)c(C)c1. The summed E-state index contributed by atoms with van der Waals surface area (Å²) in [6.45, 7) is 1.76. The lowest BCUT2D eigenvalue weighted by molar-refractivity contribution is 0.414. The van der Waals surface area contributed by atoms with Crippen LogP contribution in [0.1, 0.15) is 16.7 Å². The molecule has 0 unspecified atom stereocenters. The maximum absolute atomic E-state index is 14.0. The molecule has 2 heterocycles. The van der Waals surface area contributed by atoms with E-state index in [0.717, 1.165) is 21.6 Å². The number of nitriles is 1. The molecule has 3 aromatic carbocycles. The molecule has 1 N–H and O–H groups in total. The van der Waals surface area contributed by atoms with Crippen LogP contribution >= 0.6 is 0 Å². The third kappa shape index (κ3) is 4.49. The molecule has 10 heteroatoms. The van der Waals surface area contributed by atoms with Gasteiger partial charge in [0.1, 0.15) is 17.6 Å². The number of nitrogens with zero attached hydrogens (tertiary/aromatic N) is 5. The molecule has 0 aliphatic rings. The number of nitrogens with one attached hydrogen (secondary N) is 1. The Hall–Kier alpha value is -5.30. The largest absolute Gasteiger partial charge is 0.497 e. The standard InChI is InChI=1S/C28H21FN6O3/c1-17-11-21(38-2)8-10-24(17)32-26-33-27(36)35(25-15-31-14-19-5-3-4-6-22(19)25)28(37)34(26)16-18-7-9-23(29)20(12-18)13-30/h3-12,14-15H,16H2,1-2H3,(H,32,33,36). The van der Waals surface area contributed by atoms with E-state index in [9.17, 15) is 19.2 Å². The number of pyridine rings is 1.